The lowest BCUT2D eigenvalue weighted by molar-refractivity contribution is -0.145. The van der Waals surface area contributed by atoms with Crippen LogP contribution in [0.4, 0.5) is 0 Å². The number of nitrogens with one attached hydrogen (secondary N) is 1. The molecule has 0 radical (unpaired) electrons. The van der Waals surface area contributed by atoms with Crippen molar-refractivity contribution in [1.29, 1.82) is 0 Å². The van der Waals surface area contributed by atoms with Crippen LogP contribution in [-0.2, 0) is 23.0 Å². The number of nitrogens with zero attached hydrogens (tertiary/aromatic N) is 2. The number of carbonyl (C=O) groups excluding carboxylic acids is 2. The predicted molar refractivity (Wildman–Crippen MR) is 110 cm³/mol. The van der Waals surface area contributed by atoms with Crippen LogP contribution in [0.5, 0.6) is 11.5 Å². The molecule has 1 heterocycles. The van der Waals surface area contributed by atoms with Crippen molar-refractivity contribution >= 4 is 11.9 Å². The third-order valence-corrected chi connectivity index (χ3v) is 5.45. The standard InChI is InChI=1S/C22H29N3O5/c1-3-30-22(29)17(11-14-9-10-18(26)19(27)12-14)23-21(28)16-13-25(2)24-20(16)15-7-5-4-6-8-15/h9-10,12-13,15,17,26-27H,3-8,11H2,1-2H3,(H,23,28)/t17-/m0/s1. The van der Waals surface area contributed by atoms with Gasteiger partial charge in [0, 0.05) is 25.6 Å². The lowest BCUT2D eigenvalue weighted by Gasteiger charge is -2.21. The number of carbonyl (C=O) groups is 2. The molecule has 1 fully saturated rings. The van der Waals surface area contributed by atoms with Crippen LogP contribution in [0.1, 0.15) is 66.6 Å². The van der Waals surface area contributed by atoms with E-state index in [4.69, 9.17) is 4.74 Å². The summed E-state index contributed by atoms with van der Waals surface area (Å²) in [5, 5.41) is 26.5. The number of aryl methyl sites for hydroxylation is 1. The van der Waals surface area contributed by atoms with Gasteiger partial charge in [-0.15, -0.1) is 0 Å². The van der Waals surface area contributed by atoms with Crippen LogP contribution in [0.3, 0.4) is 0 Å². The van der Waals surface area contributed by atoms with Crippen molar-refractivity contribution in [3.05, 3.63) is 41.2 Å². The lowest BCUT2D eigenvalue weighted by Crippen LogP contribution is -2.43. The molecule has 1 aliphatic carbocycles. The molecule has 0 aliphatic heterocycles. The number of benzene rings is 1. The van der Waals surface area contributed by atoms with Crippen molar-refractivity contribution in [3.63, 3.8) is 0 Å². The Hall–Kier alpha value is -3.03. The SMILES string of the molecule is CCOC(=O)[C@H](Cc1ccc(O)c(O)c1)NC(=O)c1cn(C)nc1C1CCCCC1. The van der Waals surface area contributed by atoms with Crippen LogP contribution in [-0.4, -0.2) is 44.5 Å². The Balaban J connectivity index is 1.81. The summed E-state index contributed by atoms with van der Waals surface area (Å²) in [5.74, 6) is -1.21. The van der Waals surface area contributed by atoms with Crippen LogP contribution in [0.15, 0.2) is 24.4 Å². The van der Waals surface area contributed by atoms with E-state index in [9.17, 15) is 19.8 Å². The van der Waals surface area contributed by atoms with E-state index in [2.05, 4.69) is 10.4 Å². The first kappa shape index (κ1) is 21.7. The first-order chi connectivity index (χ1) is 14.4. The van der Waals surface area contributed by atoms with E-state index in [1.807, 2.05) is 0 Å². The summed E-state index contributed by atoms with van der Waals surface area (Å²) >= 11 is 0. The number of rotatable bonds is 7. The van der Waals surface area contributed by atoms with Gasteiger partial charge in [-0.2, -0.15) is 5.10 Å². The summed E-state index contributed by atoms with van der Waals surface area (Å²) in [6.45, 7) is 1.89. The molecule has 1 aliphatic rings. The molecule has 0 saturated heterocycles. The molecule has 8 heteroatoms. The molecule has 1 aromatic heterocycles. The third kappa shape index (κ3) is 5.11. The van der Waals surface area contributed by atoms with E-state index in [1.165, 1.54) is 18.6 Å². The van der Waals surface area contributed by atoms with Gasteiger partial charge in [0.25, 0.3) is 5.91 Å². The molecule has 30 heavy (non-hydrogen) atoms. The summed E-state index contributed by atoms with van der Waals surface area (Å²) in [4.78, 5) is 25.6. The van der Waals surface area contributed by atoms with E-state index < -0.39 is 12.0 Å². The Labute approximate surface area is 175 Å². The second-order valence-electron chi connectivity index (χ2n) is 7.74. The van der Waals surface area contributed by atoms with Gasteiger partial charge in [0.15, 0.2) is 11.5 Å². The second-order valence-corrected chi connectivity index (χ2v) is 7.74. The van der Waals surface area contributed by atoms with Crippen molar-refractivity contribution in [2.24, 2.45) is 7.05 Å². The number of aromatic hydroxyl groups is 2. The molecule has 1 amide bonds. The largest absolute Gasteiger partial charge is 0.504 e. The molecular formula is C22H29N3O5. The van der Waals surface area contributed by atoms with Crippen molar-refractivity contribution in [2.45, 2.75) is 57.4 Å². The highest BCUT2D eigenvalue weighted by Crippen LogP contribution is 2.33. The maximum Gasteiger partial charge on any atom is 0.328 e. The number of esters is 1. The number of aromatic nitrogens is 2. The highest BCUT2D eigenvalue weighted by Gasteiger charge is 2.28. The van der Waals surface area contributed by atoms with Gasteiger partial charge < -0.3 is 20.3 Å². The van der Waals surface area contributed by atoms with Crippen molar-refractivity contribution in [3.8, 4) is 11.5 Å². The number of amides is 1. The van der Waals surface area contributed by atoms with Gasteiger partial charge in [0.1, 0.15) is 6.04 Å². The first-order valence-electron chi connectivity index (χ1n) is 10.4. The van der Waals surface area contributed by atoms with Gasteiger partial charge >= 0.3 is 5.97 Å². The monoisotopic (exact) mass is 415 g/mol. The fraction of sp³-hybridized carbons (Fsp3) is 0.500. The van der Waals surface area contributed by atoms with Crippen molar-refractivity contribution in [1.82, 2.24) is 15.1 Å². The van der Waals surface area contributed by atoms with Crippen LogP contribution in [0, 0.1) is 0 Å². The number of hydrogen-bond acceptors (Lipinski definition) is 6. The minimum Gasteiger partial charge on any atom is -0.504 e. The maximum atomic E-state index is 13.1. The first-order valence-corrected chi connectivity index (χ1v) is 10.4. The Morgan fingerprint density at radius 3 is 2.63 bits per heavy atom. The minimum absolute atomic E-state index is 0.122. The van der Waals surface area contributed by atoms with Crippen LogP contribution >= 0.6 is 0 Å². The Bertz CT molecular complexity index is 902. The Morgan fingerprint density at radius 2 is 1.97 bits per heavy atom. The molecule has 3 rings (SSSR count). The molecule has 3 N–H and O–H groups in total. The van der Waals surface area contributed by atoms with Crippen LogP contribution in [0.25, 0.3) is 0 Å². The molecule has 1 aromatic carbocycles. The number of ether oxygens (including phenoxy) is 1. The topological polar surface area (TPSA) is 114 Å². The fourth-order valence-corrected chi connectivity index (χ4v) is 3.96. The van der Waals surface area contributed by atoms with Gasteiger partial charge in [-0.3, -0.25) is 9.48 Å². The van der Waals surface area contributed by atoms with Gasteiger partial charge in [0.05, 0.1) is 17.9 Å². The maximum absolute atomic E-state index is 13.1. The summed E-state index contributed by atoms with van der Waals surface area (Å²) in [6.07, 6.45) is 7.27. The third-order valence-electron chi connectivity index (χ3n) is 5.45. The minimum atomic E-state index is -0.930. The molecule has 8 nitrogen and oxygen atoms in total. The van der Waals surface area contributed by atoms with E-state index >= 15 is 0 Å². The molecule has 0 spiro atoms. The summed E-state index contributed by atoms with van der Waals surface area (Å²) in [6, 6.07) is 3.37. The van der Waals surface area contributed by atoms with Crippen LogP contribution < -0.4 is 5.32 Å². The molecular weight excluding hydrogens is 386 g/mol. The van der Waals surface area contributed by atoms with E-state index in [0.29, 0.717) is 11.1 Å². The molecule has 2 aromatic rings. The normalized spacial score (nSPS) is 15.5. The highest BCUT2D eigenvalue weighted by atomic mass is 16.5. The predicted octanol–water partition coefficient (Wildman–Crippen LogP) is 2.78. The van der Waals surface area contributed by atoms with Gasteiger partial charge in [-0.25, -0.2) is 4.79 Å². The Morgan fingerprint density at radius 1 is 1.23 bits per heavy atom. The fourth-order valence-electron chi connectivity index (χ4n) is 3.96. The number of phenols is 2. The van der Waals surface area contributed by atoms with Crippen molar-refractivity contribution in [2.75, 3.05) is 6.61 Å². The zero-order valence-corrected chi connectivity index (χ0v) is 17.4. The average molecular weight is 415 g/mol. The van der Waals surface area contributed by atoms with E-state index in [-0.39, 0.29) is 36.4 Å². The number of hydrogen-bond donors (Lipinski definition) is 3. The molecule has 1 atom stereocenters. The van der Waals surface area contributed by atoms with Gasteiger partial charge in [0.2, 0.25) is 0 Å². The van der Waals surface area contributed by atoms with Crippen LogP contribution in [0.2, 0.25) is 0 Å². The van der Waals surface area contributed by atoms with Gasteiger partial charge in [-0.1, -0.05) is 25.3 Å². The zero-order chi connectivity index (χ0) is 21.7. The highest BCUT2D eigenvalue weighted by molar-refractivity contribution is 5.97. The molecule has 162 valence electrons. The lowest BCUT2D eigenvalue weighted by atomic mass is 9.85. The summed E-state index contributed by atoms with van der Waals surface area (Å²) in [5.41, 5.74) is 1.84. The van der Waals surface area contributed by atoms with E-state index in [1.54, 1.807) is 30.9 Å². The van der Waals surface area contributed by atoms with E-state index in [0.717, 1.165) is 31.4 Å². The smallest absolute Gasteiger partial charge is 0.328 e. The molecule has 0 unspecified atom stereocenters. The number of phenolic OH excluding ortho intramolecular Hbond substituents is 2. The zero-order valence-electron chi connectivity index (χ0n) is 17.4. The van der Waals surface area contributed by atoms with Crippen molar-refractivity contribution < 1.29 is 24.5 Å². The summed E-state index contributed by atoms with van der Waals surface area (Å²) in [7, 11) is 1.78. The molecule has 0 bridgehead atoms. The quantitative estimate of drug-likeness (QED) is 0.473. The second kappa shape index (κ2) is 9.65. The summed E-state index contributed by atoms with van der Waals surface area (Å²) < 4.78 is 6.77. The van der Waals surface area contributed by atoms with Gasteiger partial charge in [-0.05, 0) is 37.5 Å². The Kier molecular flexibility index (Phi) is 6.97. The molecule has 1 saturated carbocycles. The average Bonchev–Trinajstić information content (AvgIpc) is 3.13.